The zero-order chi connectivity index (χ0) is 16.6. The number of carbonyl (C=O) groups excluding carboxylic acids is 1. The van der Waals surface area contributed by atoms with Crippen LogP contribution in [0.2, 0.25) is 0 Å². The normalized spacial score (nSPS) is 13.0. The van der Waals surface area contributed by atoms with Gasteiger partial charge in [0.2, 0.25) is 0 Å². The molecule has 3 rings (SSSR count). The van der Waals surface area contributed by atoms with Crippen molar-refractivity contribution in [1.82, 2.24) is 10.6 Å². The summed E-state index contributed by atoms with van der Waals surface area (Å²) in [4.78, 5) is 16.6. The Kier molecular flexibility index (Phi) is 7.72. The quantitative estimate of drug-likeness (QED) is 0.542. The standard InChI is InChI=1S/C19H21N3O2.HI/c23-18(24-14-15-6-2-1-3-7-15)17-9-4-8-16(12-17)13-22-19-20-10-5-11-21-19;/h1-4,6-9,12H,5,10-11,13-14H2,(H2,20,21,22);1H. The summed E-state index contributed by atoms with van der Waals surface area (Å²) in [6, 6.07) is 17.1. The van der Waals surface area contributed by atoms with Crippen molar-refractivity contribution in [2.75, 3.05) is 13.1 Å². The molecule has 6 heteroatoms. The Hall–Kier alpha value is -2.09. The lowest BCUT2D eigenvalue weighted by Gasteiger charge is -2.16. The van der Waals surface area contributed by atoms with Crippen molar-refractivity contribution in [2.45, 2.75) is 19.6 Å². The number of hydrogen-bond donors (Lipinski definition) is 2. The van der Waals surface area contributed by atoms with Crippen molar-refractivity contribution in [2.24, 2.45) is 4.99 Å². The van der Waals surface area contributed by atoms with Gasteiger partial charge in [0.15, 0.2) is 5.96 Å². The fourth-order valence-corrected chi connectivity index (χ4v) is 2.45. The summed E-state index contributed by atoms with van der Waals surface area (Å²) >= 11 is 0. The van der Waals surface area contributed by atoms with Gasteiger partial charge in [-0.1, -0.05) is 42.5 Å². The molecule has 0 spiro atoms. The molecule has 0 aliphatic carbocycles. The molecular formula is C19H22IN3O2. The number of nitrogens with zero attached hydrogens (tertiary/aromatic N) is 1. The second kappa shape index (κ2) is 10.0. The van der Waals surface area contributed by atoms with Crippen LogP contribution in [-0.2, 0) is 17.9 Å². The predicted octanol–water partition coefficient (Wildman–Crippen LogP) is 3.10. The molecule has 1 aliphatic heterocycles. The topological polar surface area (TPSA) is 62.7 Å². The smallest absolute Gasteiger partial charge is 0.338 e. The van der Waals surface area contributed by atoms with Crippen LogP contribution in [0, 0.1) is 0 Å². The molecule has 2 aromatic carbocycles. The van der Waals surface area contributed by atoms with Crippen molar-refractivity contribution in [1.29, 1.82) is 0 Å². The van der Waals surface area contributed by atoms with Gasteiger partial charge in [-0.2, -0.15) is 0 Å². The number of hydrogen-bond acceptors (Lipinski definition) is 5. The first kappa shape index (κ1) is 19.2. The van der Waals surface area contributed by atoms with Gasteiger partial charge in [-0.3, -0.25) is 4.99 Å². The number of ether oxygens (including phenoxy) is 1. The minimum Gasteiger partial charge on any atom is -0.457 e. The molecule has 1 aliphatic rings. The Morgan fingerprint density at radius 3 is 2.68 bits per heavy atom. The SMILES string of the molecule is I.O=C(OCc1ccccc1)c1cccc(CNC2=NCCCN2)c1. The van der Waals surface area contributed by atoms with Crippen LogP contribution < -0.4 is 10.6 Å². The minimum absolute atomic E-state index is 0. The van der Waals surface area contributed by atoms with E-state index in [0.717, 1.165) is 36.6 Å². The molecule has 0 unspecified atom stereocenters. The van der Waals surface area contributed by atoms with Crippen LogP contribution >= 0.6 is 24.0 Å². The second-order valence-electron chi connectivity index (χ2n) is 5.63. The van der Waals surface area contributed by atoms with E-state index in [2.05, 4.69) is 15.6 Å². The van der Waals surface area contributed by atoms with Gasteiger partial charge in [0, 0.05) is 19.6 Å². The van der Waals surface area contributed by atoms with Crippen molar-refractivity contribution in [3.63, 3.8) is 0 Å². The summed E-state index contributed by atoms with van der Waals surface area (Å²) < 4.78 is 5.37. The van der Waals surface area contributed by atoms with E-state index in [9.17, 15) is 4.79 Å². The number of carbonyl (C=O) groups is 1. The van der Waals surface area contributed by atoms with Crippen molar-refractivity contribution in [3.8, 4) is 0 Å². The third-order valence-corrected chi connectivity index (χ3v) is 3.73. The monoisotopic (exact) mass is 451 g/mol. The van der Waals surface area contributed by atoms with Crippen LogP contribution in [0.5, 0.6) is 0 Å². The first-order chi connectivity index (χ1) is 11.8. The van der Waals surface area contributed by atoms with E-state index in [1.165, 1.54) is 0 Å². The van der Waals surface area contributed by atoms with Gasteiger partial charge >= 0.3 is 5.97 Å². The van der Waals surface area contributed by atoms with Gasteiger partial charge < -0.3 is 15.4 Å². The van der Waals surface area contributed by atoms with E-state index < -0.39 is 0 Å². The zero-order valence-corrected chi connectivity index (χ0v) is 16.2. The van der Waals surface area contributed by atoms with E-state index in [4.69, 9.17) is 4.74 Å². The van der Waals surface area contributed by atoms with Gasteiger partial charge in [-0.15, -0.1) is 24.0 Å². The maximum atomic E-state index is 12.2. The number of aliphatic imine (C=N–C) groups is 1. The van der Waals surface area contributed by atoms with Crippen LogP contribution in [0.25, 0.3) is 0 Å². The molecule has 0 saturated carbocycles. The number of nitrogens with one attached hydrogen (secondary N) is 2. The molecule has 0 radical (unpaired) electrons. The fraction of sp³-hybridized carbons (Fsp3) is 0.263. The van der Waals surface area contributed by atoms with E-state index in [0.29, 0.717) is 12.1 Å². The van der Waals surface area contributed by atoms with E-state index >= 15 is 0 Å². The van der Waals surface area contributed by atoms with E-state index in [1.807, 2.05) is 48.5 Å². The number of rotatable bonds is 5. The second-order valence-corrected chi connectivity index (χ2v) is 5.63. The number of esters is 1. The summed E-state index contributed by atoms with van der Waals surface area (Å²) in [5.41, 5.74) is 2.55. The zero-order valence-electron chi connectivity index (χ0n) is 13.9. The maximum absolute atomic E-state index is 12.2. The molecule has 0 saturated heterocycles. The minimum atomic E-state index is -0.311. The van der Waals surface area contributed by atoms with Gasteiger partial charge in [-0.25, -0.2) is 4.79 Å². The van der Waals surface area contributed by atoms with Crippen molar-refractivity contribution >= 4 is 35.9 Å². The number of guanidine groups is 1. The van der Waals surface area contributed by atoms with Crippen molar-refractivity contribution in [3.05, 3.63) is 71.3 Å². The maximum Gasteiger partial charge on any atom is 0.338 e. The molecule has 0 atom stereocenters. The summed E-state index contributed by atoms with van der Waals surface area (Å²) in [5.74, 6) is 0.507. The first-order valence-corrected chi connectivity index (χ1v) is 8.13. The fourth-order valence-electron chi connectivity index (χ4n) is 2.45. The molecule has 1 heterocycles. The summed E-state index contributed by atoms with van der Waals surface area (Å²) in [7, 11) is 0. The highest BCUT2D eigenvalue weighted by atomic mass is 127. The molecule has 5 nitrogen and oxygen atoms in total. The Bertz CT molecular complexity index is 720. The summed E-state index contributed by atoms with van der Waals surface area (Å²) in [6.07, 6.45) is 1.06. The first-order valence-electron chi connectivity index (χ1n) is 8.13. The van der Waals surface area contributed by atoms with Gasteiger partial charge in [0.1, 0.15) is 6.61 Å². The van der Waals surface area contributed by atoms with Crippen molar-refractivity contribution < 1.29 is 9.53 Å². The highest BCUT2D eigenvalue weighted by Crippen LogP contribution is 2.09. The molecule has 2 N–H and O–H groups in total. The number of halogens is 1. The molecular weight excluding hydrogens is 429 g/mol. The lowest BCUT2D eigenvalue weighted by atomic mass is 10.1. The Morgan fingerprint density at radius 1 is 1.12 bits per heavy atom. The highest BCUT2D eigenvalue weighted by molar-refractivity contribution is 14.0. The molecule has 25 heavy (non-hydrogen) atoms. The third-order valence-electron chi connectivity index (χ3n) is 3.73. The van der Waals surface area contributed by atoms with E-state index in [1.54, 1.807) is 6.07 Å². The molecule has 132 valence electrons. The molecule has 0 amide bonds. The van der Waals surface area contributed by atoms with Gasteiger partial charge in [0.25, 0.3) is 0 Å². The third kappa shape index (κ3) is 6.04. The average molecular weight is 451 g/mol. The lowest BCUT2D eigenvalue weighted by molar-refractivity contribution is 0.0472. The summed E-state index contributed by atoms with van der Waals surface area (Å²) in [5, 5.41) is 6.46. The number of benzene rings is 2. The predicted molar refractivity (Wildman–Crippen MR) is 109 cm³/mol. The highest BCUT2D eigenvalue weighted by Gasteiger charge is 2.09. The van der Waals surface area contributed by atoms with Crippen LogP contribution in [0.15, 0.2) is 59.6 Å². The Balaban J connectivity index is 0.00000225. The summed E-state index contributed by atoms with van der Waals surface area (Å²) in [6.45, 7) is 2.69. The van der Waals surface area contributed by atoms with Crippen LogP contribution in [0.3, 0.4) is 0 Å². The van der Waals surface area contributed by atoms with Gasteiger partial charge in [-0.05, 0) is 29.7 Å². The molecule has 0 aromatic heterocycles. The van der Waals surface area contributed by atoms with Crippen LogP contribution in [0.1, 0.15) is 27.9 Å². The van der Waals surface area contributed by atoms with Crippen LogP contribution in [0.4, 0.5) is 0 Å². The Morgan fingerprint density at radius 2 is 1.92 bits per heavy atom. The van der Waals surface area contributed by atoms with Gasteiger partial charge in [0.05, 0.1) is 5.56 Å². The van der Waals surface area contributed by atoms with Crippen LogP contribution in [-0.4, -0.2) is 25.0 Å². The lowest BCUT2D eigenvalue weighted by Crippen LogP contribution is -2.40. The molecule has 0 bridgehead atoms. The average Bonchev–Trinajstić information content (AvgIpc) is 2.66. The molecule has 0 fully saturated rings. The molecule has 2 aromatic rings. The Labute approximate surface area is 164 Å². The van der Waals surface area contributed by atoms with E-state index in [-0.39, 0.29) is 36.6 Å². The largest absolute Gasteiger partial charge is 0.457 e.